The largest absolute Gasteiger partial charge is 0.484 e. The molecule has 3 aromatic rings. The second-order valence-corrected chi connectivity index (χ2v) is 7.61. The second kappa shape index (κ2) is 8.06. The van der Waals surface area contributed by atoms with Crippen molar-refractivity contribution < 1.29 is 9.53 Å². The molecule has 1 fully saturated rings. The van der Waals surface area contributed by atoms with Gasteiger partial charge in [0.1, 0.15) is 17.9 Å². The van der Waals surface area contributed by atoms with Gasteiger partial charge in [0, 0.05) is 37.9 Å². The Morgan fingerprint density at radius 2 is 1.97 bits per heavy atom. The first-order valence-corrected chi connectivity index (χ1v) is 9.94. The van der Waals surface area contributed by atoms with Crippen molar-refractivity contribution in [3.63, 3.8) is 0 Å². The van der Waals surface area contributed by atoms with Crippen molar-refractivity contribution in [2.24, 2.45) is 0 Å². The Morgan fingerprint density at radius 3 is 2.72 bits per heavy atom. The second-order valence-electron chi connectivity index (χ2n) is 7.61. The van der Waals surface area contributed by atoms with Crippen molar-refractivity contribution >= 4 is 17.5 Å². The number of anilines is 1. The molecule has 3 heterocycles. The number of piperazine rings is 1. The van der Waals surface area contributed by atoms with Crippen molar-refractivity contribution in [3.05, 3.63) is 47.9 Å². The van der Waals surface area contributed by atoms with Gasteiger partial charge in [0.05, 0.1) is 0 Å². The lowest BCUT2D eigenvalue weighted by atomic mass is 10.0. The number of amides is 1. The van der Waals surface area contributed by atoms with Gasteiger partial charge in [0.2, 0.25) is 0 Å². The third-order valence-electron chi connectivity index (χ3n) is 5.20. The minimum Gasteiger partial charge on any atom is -0.484 e. The van der Waals surface area contributed by atoms with Crippen LogP contribution in [0.3, 0.4) is 0 Å². The van der Waals surface area contributed by atoms with Gasteiger partial charge in [-0.15, -0.1) is 0 Å². The van der Waals surface area contributed by atoms with E-state index < -0.39 is 0 Å². The number of hydrogen-bond donors (Lipinski definition) is 0. The van der Waals surface area contributed by atoms with E-state index in [0.29, 0.717) is 24.8 Å². The summed E-state index contributed by atoms with van der Waals surface area (Å²) in [5, 5.41) is 4.27. The molecule has 0 radical (unpaired) electrons. The maximum Gasteiger partial charge on any atom is 0.260 e. The molecule has 0 saturated carbocycles. The summed E-state index contributed by atoms with van der Waals surface area (Å²) in [5.41, 5.74) is 2.10. The van der Waals surface area contributed by atoms with Gasteiger partial charge in [0.15, 0.2) is 6.61 Å². The molecule has 0 atom stereocenters. The van der Waals surface area contributed by atoms with Gasteiger partial charge in [-0.25, -0.2) is 4.98 Å². The Kier molecular flexibility index (Phi) is 5.33. The highest BCUT2D eigenvalue weighted by Gasteiger charge is 2.23. The lowest BCUT2D eigenvalue weighted by Gasteiger charge is -2.35. The Bertz CT molecular complexity index is 1010. The number of carbonyl (C=O) groups is 1. The zero-order chi connectivity index (χ0) is 20.4. The van der Waals surface area contributed by atoms with Gasteiger partial charge in [-0.1, -0.05) is 26.0 Å². The van der Waals surface area contributed by atoms with E-state index in [1.807, 2.05) is 36.1 Å². The molecule has 2 aromatic heterocycles. The summed E-state index contributed by atoms with van der Waals surface area (Å²) >= 11 is 0. The lowest BCUT2D eigenvalue weighted by Crippen LogP contribution is -2.50. The number of benzene rings is 1. The molecule has 0 unspecified atom stereocenters. The van der Waals surface area contributed by atoms with Crippen molar-refractivity contribution in [3.8, 4) is 5.75 Å². The summed E-state index contributed by atoms with van der Waals surface area (Å²) in [5.74, 6) is 2.73. The van der Waals surface area contributed by atoms with E-state index in [1.54, 1.807) is 4.52 Å². The van der Waals surface area contributed by atoms with Crippen molar-refractivity contribution in [2.75, 3.05) is 37.7 Å². The molecule has 1 amide bonds. The smallest absolute Gasteiger partial charge is 0.260 e. The highest BCUT2D eigenvalue weighted by Crippen LogP contribution is 2.21. The molecule has 29 heavy (non-hydrogen) atoms. The van der Waals surface area contributed by atoms with Crippen molar-refractivity contribution in [1.29, 1.82) is 0 Å². The first kappa shape index (κ1) is 19.2. The van der Waals surface area contributed by atoms with E-state index in [0.717, 1.165) is 30.4 Å². The Balaban J connectivity index is 1.35. The van der Waals surface area contributed by atoms with E-state index >= 15 is 0 Å². The monoisotopic (exact) mass is 394 g/mol. The summed E-state index contributed by atoms with van der Waals surface area (Å²) in [7, 11) is 0. The van der Waals surface area contributed by atoms with E-state index in [2.05, 4.69) is 39.9 Å². The maximum absolute atomic E-state index is 12.6. The highest BCUT2D eigenvalue weighted by atomic mass is 16.5. The summed E-state index contributed by atoms with van der Waals surface area (Å²) < 4.78 is 7.50. The topological polar surface area (TPSA) is 75.9 Å². The normalized spacial score (nSPS) is 14.6. The fraction of sp³-hybridized carbons (Fsp3) is 0.429. The van der Waals surface area contributed by atoms with Crippen LogP contribution in [-0.2, 0) is 4.79 Å². The summed E-state index contributed by atoms with van der Waals surface area (Å²) in [6.45, 7) is 9.03. The Labute approximate surface area is 170 Å². The summed E-state index contributed by atoms with van der Waals surface area (Å²) in [6.07, 6.45) is 1.51. The van der Waals surface area contributed by atoms with E-state index in [4.69, 9.17) is 4.74 Å². The predicted molar refractivity (Wildman–Crippen MR) is 110 cm³/mol. The first-order valence-electron chi connectivity index (χ1n) is 9.94. The van der Waals surface area contributed by atoms with Crippen molar-refractivity contribution in [1.82, 2.24) is 24.5 Å². The molecule has 152 valence electrons. The third-order valence-corrected chi connectivity index (χ3v) is 5.20. The molecule has 0 aliphatic carbocycles. The molecule has 1 aromatic carbocycles. The van der Waals surface area contributed by atoms with Gasteiger partial charge in [0.25, 0.3) is 11.7 Å². The minimum atomic E-state index is 0.0106. The standard InChI is InChI=1S/C21H26N6O2/c1-15(2)17-5-4-6-18(12-17)29-13-20(28)26-9-7-25(8-10-26)19-11-16(3)24-21-22-14-23-27(19)21/h4-6,11-12,14-15H,7-10,13H2,1-3H3. The summed E-state index contributed by atoms with van der Waals surface area (Å²) in [6, 6.07) is 9.95. The number of nitrogens with zero attached hydrogens (tertiary/aromatic N) is 6. The highest BCUT2D eigenvalue weighted by molar-refractivity contribution is 5.78. The number of fused-ring (bicyclic) bond motifs is 1. The Morgan fingerprint density at radius 1 is 1.17 bits per heavy atom. The molecule has 1 aliphatic rings. The number of carbonyl (C=O) groups excluding carboxylic acids is 1. The Hall–Kier alpha value is -3.16. The minimum absolute atomic E-state index is 0.0106. The molecule has 0 bridgehead atoms. The van der Waals surface area contributed by atoms with Gasteiger partial charge in [-0.05, 0) is 30.5 Å². The number of rotatable bonds is 5. The van der Waals surface area contributed by atoms with Crippen molar-refractivity contribution in [2.45, 2.75) is 26.7 Å². The predicted octanol–water partition coefficient (Wildman–Crippen LogP) is 2.28. The van der Waals surface area contributed by atoms with E-state index in [9.17, 15) is 4.79 Å². The fourth-order valence-electron chi connectivity index (χ4n) is 3.52. The molecule has 8 nitrogen and oxygen atoms in total. The van der Waals surface area contributed by atoms with E-state index in [-0.39, 0.29) is 12.5 Å². The van der Waals surface area contributed by atoms with Gasteiger partial charge >= 0.3 is 0 Å². The average Bonchev–Trinajstić information content (AvgIpc) is 3.20. The molecule has 0 N–H and O–H groups in total. The zero-order valence-electron chi connectivity index (χ0n) is 17.1. The number of ether oxygens (including phenoxy) is 1. The quantitative estimate of drug-likeness (QED) is 0.661. The van der Waals surface area contributed by atoms with Crippen LogP contribution in [0.15, 0.2) is 36.7 Å². The van der Waals surface area contributed by atoms with Crippen LogP contribution in [0, 0.1) is 6.92 Å². The van der Waals surface area contributed by atoms with Crippen LogP contribution in [0.25, 0.3) is 5.78 Å². The zero-order valence-corrected chi connectivity index (χ0v) is 17.1. The van der Waals surface area contributed by atoms with Crippen LogP contribution in [-0.4, -0.2) is 63.2 Å². The van der Waals surface area contributed by atoms with Crippen LogP contribution in [0.5, 0.6) is 5.75 Å². The molecular weight excluding hydrogens is 368 g/mol. The number of aromatic nitrogens is 4. The fourth-order valence-corrected chi connectivity index (χ4v) is 3.52. The van der Waals surface area contributed by atoms with Gasteiger partial charge < -0.3 is 14.5 Å². The van der Waals surface area contributed by atoms with Crippen LogP contribution in [0.1, 0.15) is 31.0 Å². The van der Waals surface area contributed by atoms with Gasteiger partial charge in [-0.3, -0.25) is 4.79 Å². The van der Waals surface area contributed by atoms with Crippen LogP contribution < -0.4 is 9.64 Å². The number of aryl methyl sites for hydroxylation is 1. The molecule has 8 heteroatoms. The molecular formula is C21H26N6O2. The van der Waals surface area contributed by atoms with Crippen LogP contribution >= 0.6 is 0 Å². The van der Waals surface area contributed by atoms with Crippen LogP contribution in [0.2, 0.25) is 0 Å². The van der Waals surface area contributed by atoms with E-state index in [1.165, 1.54) is 11.9 Å². The molecule has 1 aliphatic heterocycles. The molecule has 1 saturated heterocycles. The first-order chi connectivity index (χ1) is 14.0. The maximum atomic E-state index is 12.6. The molecule has 4 rings (SSSR count). The van der Waals surface area contributed by atoms with Crippen LogP contribution in [0.4, 0.5) is 5.82 Å². The molecule has 0 spiro atoms. The van der Waals surface area contributed by atoms with Gasteiger partial charge in [-0.2, -0.15) is 14.6 Å². The SMILES string of the molecule is Cc1cc(N2CCN(C(=O)COc3cccc(C(C)C)c3)CC2)n2ncnc2n1. The summed E-state index contributed by atoms with van der Waals surface area (Å²) in [4.78, 5) is 25.2. The lowest BCUT2D eigenvalue weighted by molar-refractivity contribution is -0.133. The number of hydrogen-bond acceptors (Lipinski definition) is 6. The average molecular weight is 394 g/mol. The third kappa shape index (κ3) is 4.16.